The fraction of sp³-hybridized carbons (Fsp3) is 0.538. The molecule has 1 saturated heterocycles. The van der Waals surface area contributed by atoms with E-state index >= 15 is 0 Å². The van der Waals surface area contributed by atoms with Gasteiger partial charge in [0, 0.05) is 30.9 Å². The minimum Gasteiger partial charge on any atom is -0.399 e. The number of benzene rings is 1. The Balaban J connectivity index is 1.66. The maximum absolute atomic E-state index is 12.2. The number of sulfonamides is 1. The van der Waals surface area contributed by atoms with Crippen LogP contribution >= 0.6 is 0 Å². The van der Waals surface area contributed by atoms with Crippen LogP contribution in [-0.4, -0.2) is 38.5 Å². The van der Waals surface area contributed by atoms with E-state index < -0.39 is 10.0 Å². The van der Waals surface area contributed by atoms with Crippen molar-refractivity contribution in [3.63, 3.8) is 0 Å². The van der Waals surface area contributed by atoms with E-state index in [4.69, 9.17) is 5.73 Å². The number of nitrogens with two attached hydrogens (primary N) is 1. The summed E-state index contributed by atoms with van der Waals surface area (Å²) in [6.45, 7) is 1.83. The molecule has 2 aliphatic rings. The molecule has 1 aromatic rings. The standard InChI is InChI=1S/C13H19N3O2S/c14-10-1-5-13(6-2-10)19(17,18)15-11-7-8-16(9-11)12-3-4-12/h1-2,5-6,11-12,15H,3-4,7-9,14H2. The highest BCUT2D eigenvalue weighted by molar-refractivity contribution is 7.89. The molecule has 1 atom stereocenters. The largest absolute Gasteiger partial charge is 0.399 e. The highest BCUT2D eigenvalue weighted by Crippen LogP contribution is 2.30. The fourth-order valence-corrected chi connectivity index (χ4v) is 3.85. The Morgan fingerprint density at radius 3 is 2.47 bits per heavy atom. The molecule has 1 aromatic carbocycles. The molecule has 3 rings (SSSR count). The van der Waals surface area contributed by atoms with Crippen LogP contribution in [0.15, 0.2) is 29.2 Å². The van der Waals surface area contributed by atoms with Gasteiger partial charge < -0.3 is 5.73 Å². The molecule has 19 heavy (non-hydrogen) atoms. The lowest BCUT2D eigenvalue weighted by Gasteiger charge is -2.16. The van der Waals surface area contributed by atoms with Gasteiger partial charge in [0.05, 0.1) is 4.90 Å². The highest BCUT2D eigenvalue weighted by Gasteiger charge is 2.35. The van der Waals surface area contributed by atoms with E-state index in [1.165, 1.54) is 12.8 Å². The van der Waals surface area contributed by atoms with Gasteiger partial charge in [-0.1, -0.05) is 0 Å². The molecule has 0 radical (unpaired) electrons. The number of nitrogens with one attached hydrogen (secondary N) is 1. The van der Waals surface area contributed by atoms with Crippen molar-refractivity contribution in [2.45, 2.75) is 36.2 Å². The van der Waals surface area contributed by atoms with Crippen molar-refractivity contribution >= 4 is 15.7 Å². The Labute approximate surface area is 113 Å². The van der Waals surface area contributed by atoms with Gasteiger partial charge in [-0.15, -0.1) is 0 Å². The number of anilines is 1. The molecule has 1 aliphatic carbocycles. The van der Waals surface area contributed by atoms with E-state index in [0.717, 1.165) is 19.5 Å². The lowest BCUT2D eigenvalue weighted by molar-refractivity contribution is 0.322. The van der Waals surface area contributed by atoms with Crippen LogP contribution in [0.25, 0.3) is 0 Å². The van der Waals surface area contributed by atoms with Crippen molar-refractivity contribution < 1.29 is 8.42 Å². The second-order valence-electron chi connectivity index (χ2n) is 5.40. The average Bonchev–Trinajstić information content (AvgIpc) is 3.11. The van der Waals surface area contributed by atoms with E-state index in [1.54, 1.807) is 24.3 Å². The van der Waals surface area contributed by atoms with Crippen molar-refractivity contribution in [3.05, 3.63) is 24.3 Å². The van der Waals surface area contributed by atoms with Crippen LogP contribution in [0.2, 0.25) is 0 Å². The first-order valence-electron chi connectivity index (χ1n) is 6.66. The number of hydrogen-bond acceptors (Lipinski definition) is 4. The Bertz CT molecular complexity index is 552. The molecule has 1 heterocycles. The third-order valence-electron chi connectivity index (χ3n) is 3.80. The van der Waals surface area contributed by atoms with Crippen molar-refractivity contribution in [2.75, 3.05) is 18.8 Å². The van der Waals surface area contributed by atoms with Gasteiger partial charge in [-0.05, 0) is 43.5 Å². The van der Waals surface area contributed by atoms with E-state index in [9.17, 15) is 8.42 Å². The molecule has 0 amide bonds. The molecule has 3 N–H and O–H groups in total. The molecule has 2 fully saturated rings. The van der Waals surface area contributed by atoms with Crippen LogP contribution < -0.4 is 10.5 Å². The predicted molar refractivity (Wildman–Crippen MR) is 74.2 cm³/mol. The van der Waals surface area contributed by atoms with Crippen molar-refractivity contribution in [1.29, 1.82) is 0 Å². The summed E-state index contributed by atoms with van der Waals surface area (Å²) in [5, 5.41) is 0. The first-order chi connectivity index (χ1) is 9.04. The topological polar surface area (TPSA) is 75.4 Å². The SMILES string of the molecule is Nc1ccc(S(=O)(=O)NC2CCN(C3CC3)C2)cc1. The number of hydrogen-bond donors (Lipinski definition) is 2. The summed E-state index contributed by atoms with van der Waals surface area (Å²) in [5.41, 5.74) is 6.14. The van der Waals surface area contributed by atoms with E-state index in [0.29, 0.717) is 11.7 Å². The van der Waals surface area contributed by atoms with Crippen LogP contribution in [0.4, 0.5) is 5.69 Å². The van der Waals surface area contributed by atoms with Gasteiger partial charge in [-0.3, -0.25) is 4.90 Å². The summed E-state index contributed by atoms with van der Waals surface area (Å²) in [6.07, 6.45) is 3.42. The van der Waals surface area contributed by atoms with E-state index in [1.807, 2.05) is 0 Å². The van der Waals surface area contributed by atoms with Gasteiger partial charge >= 0.3 is 0 Å². The van der Waals surface area contributed by atoms with Gasteiger partial charge in [0.15, 0.2) is 0 Å². The quantitative estimate of drug-likeness (QED) is 0.800. The minimum atomic E-state index is -3.42. The zero-order chi connectivity index (χ0) is 13.5. The summed E-state index contributed by atoms with van der Waals surface area (Å²) in [7, 11) is -3.42. The molecule has 0 bridgehead atoms. The van der Waals surface area contributed by atoms with Crippen LogP contribution in [-0.2, 0) is 10.0 Å². The Morgan fingerprint density at radius 2 is 1.84 bits per heavy atom. The number of likely N-dealkylation sites (tertiary alicyclic amines) is 1. The fourth-order valence-electron chi connectivity index (χ4n) is 2.59. The first-order valence-corrected chi connectivity index (χ1v) is 8.15. The molecule has 1 aliphatic heterocycles. The van der Waals surface area contributed by atoms with E-state index in [2.05, 4.69) is 9.62 Å². The molecule has 5 nitrogen and oxygen atoms in total. The van der Waals surface area contributed by atoms with Gasteiger partial charge in [0.25, 0.3) is 0 Å². The first kappa shape index (κ1) is 12.9. The van der Waals surface area contributed by atoms with Gasteiger partial charge in [-0.2, -0.15) is 0 Å². The summed E-state index contributed by atoms with van der Waals surface area (Å²) < 4.78 is 27.2. The average molecular weight is 281 g/mol. The van der Waals surface area contributed by atoms with Crippen molar-refractivity contribution in [3.8, 4) is 0 Å². The lowest BCUT2D eigenvalue weighted by atomic mass is 10.3. The monoisotopic (exact) mass is 281 g/mol. The summed E-state index contributed by atoms with van der Waals surface area (Å²) >= 11 is 0. The third-order valence-corrected chi connectivity index (χ3v) is 5.33. The van der Waals surface area contributed by atoms with Crippen LogP contribution in [0.1, 0.15) is 19.3 Å². The third kappa shape index (κ3) is 2.91. The zero-order valence-corrected chi connectivity index (χ0v) is 11.6. The molecule has 0 aromatic heterocycles. The van der Waals surface area contributed by atoms with Crippen molar-refractivity contribution in [2.24, 2.45) is 0 Å². The molecule has 0 spiro atoms. The zero-order valence-electron chi connectivity index (χ0n) is 10.7. The number of rotatable bonds is 4. The second kappa shape index (κ2) is 4.77. The van der Waals surface area contributed by atoms with Gasteiger partial charge in [0.2, 0.25) is 10.0 Å². The predicted octanol–water partition coefficient (Wildman–Crippen LogP) is 0.784. The summed E-state index contributed by atoms with van der Waals surface area (Å²) in [5.74, 6) is 0. The number of nitrogens with zero attached hydrogens (tertiary/aromatic N) is 1. The normalized spacial score (nSPS) is 24.7. The van der Waals surface area contributed by atoms with Crippen LogP contribution in [0.3, 0.4) is 0 Å². The maximum Gasteiger partial charge on any atom is 0.240 e. The molecule has 1 saturated carbocycles. The molecular weight excluding hydrogens is 262 g/mol. The van der Waals surface area contributed by atoms with E-state index in [-0.39, 0.29) is 10.9 Å². The van der Waals surface area contributed by atoms with Crippen LogP contribution in [0.5, 0.6) is 0 Å². The highest BCUT2D eigenvalue weighted by atomic mass is 32.2. The second-order valence-corrected chi connectivity index (χ2v) is 7.12. The molecule has 1 unspecified atom stereocenters. The molecular formula is C13H19N3O2S. The summed E-state index contributed by atoms with van der Waals surface area (Å²) in [6, 6.07) is 7.05. The smallest absolute Gasteiger partial charge is 0.240 e. The maximum atomic E-state index is 12.2. The summed E-state index contributed by atoms with van der Waals surface area (Å²) in [4.78, 5) is 2.67. The Hall–Kier alpha value is -1.11. The molecule has 104 valence electrons. The Kier molecular flexibility index (Phi) is 3.24. The van der Waals surface area contributed by atoms with Gasteiger partial charge in [0.1, 0.15) is 0 Å². The van der Waals surface area contributed by atoms with Crippen LogP contribution in [0, 0.1) is 0 Å². The number of nitrogen functional groups attached to an aromatic ring is 1. The van der Waals surface area contributed by atoms with Gasteiger partial charge in [-0.25, -0.2) is 13.1 Å². The van der Waals surface area contributed by atoms with Crippen molar-refractivity contribution in [1.82, 2.24) is 9.62 Å². The molecule has 6 heteroatoms. The lowest BCUT2D eigenvalue weighted by Crippen LogP contribution is -2.37. The minimum absolute atomic E-state index is 0.0307. The Morgan fingerprint density at radius 1 is 1.16 bits per heavy atom.